The van der Waals surface area contributed by atoms with Gasteiger partial charge in [-0.3, -0.25) is 4.79 Å². The van der Waals surface area contributed by atoms with Gasteiger partial charge in [-0.05, 0) is 43.2 Å². The Labute approximate surface area is 193 Å². The summed E-state index contributed by atoms with van der Waals surface area (Å²) in [7, 11) is 0. The molecule has 6 nitrogen and oxygen atoms in total. The Kier molecular flexibility index (Phi) is 6.75. The predicted octanol–water partition coefficient (Wildman–Crippen LogP) is 5.65. The van der Waals surface area contributed by atoms with Crippen molar-refractivity contribution in [2.75, 3.05) is 17.7 Å². The minimum atomic E-state index is -0.510. The first-order chi connectivity index (χ1) is 16.1. The van der Waals surface area contributed by atoms with E-state index in [9.17, 15) is 9.90 Å². The Morgan fingerprint density at radius 2 is 1.70 bits per heavy atom. The van der Waals surface area contributed by atoms with Crippen LogP contribution in [0.4, 0.5) is 17.1 Å². The highest BCUT2D eigenvalue weighted by Gasteiger charge is 2.27. The molecule has 0 saturated carbocycles. The Morgan fingerprint density at radius 1 is 1.06 bits per heavy atom. The van der Waals surface area contributed by atoms with Crippen LogP contribution in [0.25, 0.3) is 21.8 Å². The molecule has 1 aromatic heterocycles. The van der Waals surface area contributed by atoms with E-state index < -0.39 is 5.92 Å². The smallest absolute Gasteiger partial charge is 0.313 e. The topological polar surface area (TPSA) is 97.5 Å². The number of nitrogens with two attached hydrogens (primary N) is 1. The van der Waals surface area contributed by atoms with Crippen LogP contribution in [0.5, 0.6) is 0 Å². The molecule has 0 bridgehead atoms. The Hall–Kier alpha value is -3.64. The Balaban J connectivity index is 1.95. The summed E-state index contributed by atoms with van der Waals surface area (Å²) in [5.41, 5.74) is 11.6. The van der Waals surface area contributed by atoms with Crippen molar-refractivity contribution < 1.29 is 14.6 Å². The van der Waals surface area contributed by atoms with E-state index in [0.29, 0.717) is 35.5 Å². The number of hydrogen-bond acceptors (Lipinski definition) is 6. The molecule has 0 aliphatic heterocycles. The standard InChI is InChI=1S/C27H29N3O3/c1-3-9-20(27(32)33-4-2)25-21(28)14-17(16-31)15-24(25)30-26-18-10-5-7-12-22(18)29-23-13-8-6-11-19(23)26/h5-8,10-15,20,31H,3-4,9,16,28H2,1-2H3,(H,29,30). The second kappa shape index (κ2) is 9.88. The second-order valence-corrected chi connectivity index (χ2v) is 8.04. The summed E-state index contributed by atoms with van der Waals surface area (Å²) in [6, 6.07) is 19.4. The van der Waals surface area contributed by atoms with Crippen LogP contribution in [0.15, 0.2) is 60.7 Å². The van der Waals surface area contributed by atoms with Gasteiger partial charge in [0.05, 0.1) is 35.9 Å². The van der Waals surface area contributed by atoms with Gasteiger partial charge in [-0.2, -0.15) is 0 Å². The van der Waals surface area contributed by atoms with E-state index in [1.54, 1.807) is 13.0 Å². The molecule has 4 aromatic rings. The maximum Gasteiger partial charge on any atom is 0.313 e. The molecule has 6 heteroatoms. The lowest BCUT2D eigenvalue weighted by atomic mass is 9.90. The quantitative estimate of drug-likeness (QED) is 0.185. The third-order valence-corrected chi connectivity index (χ3v) is 5.80. The molecular weight excluding hydrogens is 414 g/mol. The van der Waals surface area contributed by atoms with Crippen LogP contribution in [0.1, 0.15) is 43.7 Å². The van der Waals surface area contributed by atoms with E-state index in [2.05, 4.69) is 5.32 Å². The molecule has 1 unspecified atom stereocenters. The van der Waals surface area contributed by atoms with Crippen molar-refractivity contribution in [1.82, 2.24) is 4.98 Å². The maximum atomic E-state index is 12.9. The first-order valence-corrected chi connectivity index (χ1v) is 11.3. The number of nitrogens with one attached hydrogen (secondary N) is 1. The number of aliphatic hydroxyl groups excluding tert-OH is 1. The molecule has 0 fully saturated rings. The molecule has 4 N–H and O–H groups in total. The summed E-state index contributed by atoms with van der Waals surface area (Å²) in [5, 5.41) is 15.3. The lowest BCUT2D eigenvalue weighted by Gasteiger charge is -2.23. The van der Waals surface area contributed by atoms with E-state index in [0.717, 1.165) is 33.9 Å². The third-order valence-electron chi connectivity index (χ3n) is 5.80. The van der Waals surface area contributed by atoms with Crippen LogP contribution in [0, 0.1) is 0 Å². The fourth-order valence-electron chi connectivity index (χ4n) is 4.34. The molecule has 170 valence electrons. The molecule has 0 aliphatic rings. The van der Waals surface area contributed by atoms with Gasteiger partial charge in [0.15, 0.2) is 0 Å². The van der Waals surface area contributed by atoms with Crippen molar-refractivity contribution in [3.8, 4) is 0 Å². The van der Waals surface area contributed by atoms with Gasteiger partial charge >= 0.3 is 5.97 Å². The van der Waals surface area contributed by atoms with Crippen LogP contribution < -0.4 is 11.1 Å². The summed E-state index contributed by atoms with van der Waals surface area (Å²) in [6.45, 7) is 3.97. The summed E-state index contributed by atoms with van der Waals surface area (Å²) < 4.78 is 5.39. The highest BCUT2D eigenvalue weighted by molar-refractivity contribution is 6.09. The molecule has 0 saturated heterocycles. The number of nitrogen functional groups attached to an aromatic ring is 1. The van der Waals surface area contributed by atoms with E-state index in [1.165, 1.54) is 0 Å². The molecule has 0 radical (unpaired) electrons. The van der Waals surface area contributed by atoms with Gasteiger partial charge < -0.3 is 20.9 Å². The zero-order chi connectivity index (χ0) is 23.4. The number of esters is 1. The van der Waals surface area contributed by atoms with Gasteiger partial charge in [0, 0.05) is 27.7 Å². The number of aliphatic hydroxyl groups is 1. The van der Waals surface area contributed by atoms with Crippen molar-refractivity contribution in [3.05, 3.63) is 71.8 Å². The van der Waals surface area contributed by atoms with Crippen LogP contribution in [0.3, 0.4) is 0 Å². The largest absolute Gasteiger partial charge is 0.466 e. The van der Waals surface area contributed by atoms with E-state index in [-0.39, 0.29) is 12.6 Å². The summed E-state index contributed by atoms with van der Waals surface area (Å²) >= 11 is 0. The molecule has 1 atom stereocenters. The molecule has 0 amide bonds. The number of para-hydroxylation sites is 2. The van der Waals surface area contributed by atoms with Gasteiger partial charge in [-0.1, -0.05) is 49.7 Å². The van der Waals surface area contributed by atoms with Crippen molar-refractivity contribution in [1.29, 1.82) is 0 Å². The van der Waals surface area contributed by atoms with Crippen molar-refractivity contribution in [2.24, 2.45) is 0 Å². The number of hydrogen-bond donors (Lipinski definition) is 3. The number of pyridine rings is 1. The zero-order valence-corrected chi connectivity index (χ0v) is 19.0. The third kappa shape index (κ3) is 4.47. The Bertz CT molecular complexity index is 1250. The van der Waals surface area contributed by atoms with Gasteiger partial charge in [0.25, 0.3) is 0 Å². The van der Waals surface area contributed by atoms with E-state index in [1.807, 2.05) is 61.5 Å². The van der Waals surface area contributed by atoms with Crippen molar-refractivity contribution in [3.63, 3.8) is 0 Å². The molecule has 0 aliphatic carbocycles. The summed E-state index contributed by atoms with van der Waals surface area (Å²) in [5.74, 6) is -0.806. The van der Waals surface area contributed by atoms with E-state index >= 15 is 0 Å². The average molecular weight is 444 g/mol. The van der Waals surface area contributed by atoms with Gasteiger partial charge in [0.2, 0.25) is 0 Å². The monoisotopic (exact) mass is 443 g/mol. The minimum absolute atomic E-state index is 0.158. The first-order valence-electron chi connectivity index (χ1n) is 11.3. The second-order valence-electron chi connectivity index (χ2n) is 8.04. The van der Waals surface area contributed by atoms with Crippen molar-refractivity contribution in [2.45, 2.75) is 39.2 Å². The number of rotatable bonds is 8. The maximum absolute atomic E-state index is 12.9. The SMILES string of the molecule is CCCC(C(=O)OCC)c1c(N)cc(CO)cc1Nc1c2ccccc2nc2ccccc12. The molecule has 0 spiro atoms. The van der Waals surface area contributed by atoms with E-state index in [4.69, 9.17) is 15.5 Å². The average Bonchev–Trinajstić information content (AvgIpc) is 2.82. The number of fused-ring (bicyclic) bond motifs is 2. The lowest BCUT2D eigenvalue weighted by molar-refractivity contribution is -0.145. The zero-order valence-electron chi connectivity index (χ0n) is 19.0. The number of ether oxygens (including phenoxy) is 1. The highest BCUT2D eigenvalue weighted by atomic mass is 16.5. The molecular formula is C27H29N3O3. The fraction of sp³-hybridized carbons (Fsp3) is 0.259. The minimum Gasteiger partial charge on any atom is -0.466 e. The van der Waals surface area contributed by atoms with Crippen LogP contribution >= 0.6 is 0 Å². The molecule has 4 rings (SSSR count). The molecule has 3 aromatic carbocycles. The van der Waals surface area contributed by atoms with Gasteiger partial charge in [-0.15, -0.1) is 0 Å². The highest BCUT2D eigenvalue weighted by Crippen LogP contribution is 2.40. The van der Waals surface area contributed by atoms with Gasteiger partial charge in [0.1, 0.15) is 0 Å². The Morgan fingerprint density at radius 3 is 2.27 bits per heavy atom. The summed E-state index contributed by atoms with van der Waals surface area (Å²) in [6.07, 6.45) is 1.40. The van der Waals surface area contributed by atoms with Crippen LogP contribution in [0.2, 0.25) is 0 Å². The number of aromatic nitrogens is 1. The number of anilines is 3. The first kappa shape index (κ1) is 22.6. The number of nitrogens with zero attached hydrogens (tertiary/aromatic N) is 1. The summed E-state index contributed by atoms with van der Waals surface area (Å²) in [4.78, 5) is 17.7. The van der Waals surface area contributed by atoms with Crippen molar-refractivity contribution >= 4 is 44.8 Å². The number of carbonyl (C=O) groups is 1. The lowest BCUT2D eigenvalue weighted by Crippen LogP contribution is -2.19. The molecule has 33 heavy (non-hydrogen) atoms. The van der Waals surface area contributed by atoms with Gasteiger partial charge in [-0.25, -0.2) is 4.98 Å². The fourth-order valence-corrected chi connectivity index (χ4v) is 4.34. The predicted molar refractivity (Wildman–Crippen MR) is 134 cm³/mol. The number of carbonyl (C=O) groups excluding carboxylic acids is 1. The van der Waals surface area contributed by atoms with Crippen LogP contribution in [-0.2, 0) is 16.1 Å². The molecule has 1 heterocycles. The van der Waals surface area contributed by atoms with Crippen LogP contribution in [-0.4, -0.2) is 22.7 Å². The number of benzene rings is 3. The normalized spacial score (nSPS) is 12.1.